The molecule has 0 saturated carbocycles. The number of nitrogens with one attached hydrogen (secondary N) is 2. The Labute approximate surface area is 89.6 Å². The Kier molecular flexibility index (Phi) is 5.43. The highest BCUT2D eigenvalue weighted by Gasteiger charge is 1.98. The van der Waals surface area contributed by atoms with E-state index in [1.807, 2.05) is 37.3 Å². The molecule has 82 valence electrons. The van der Waals surface area contributed by atoms with Gasteiger partial charge >= 0.3 is 0 Å². The van der Waals surface area contributed by atoms with Crippen LogP contribution in [0.25, 0.3) is 0 Å². The van der Waals surface area contributed by atoms with E-state index in [0.29, 0.717) is 6.61 Å². The second-order valence-corrected chi connectivity index (χ2v) is 3.08. The SMILES string of the molecule is CCNCC(=O)NOCc1ccccc1. The Morgan fingerprint density at radius 2 is 2.07 bits per heavy atom. The minimum Gasteiger partial charge on any atom is -0.309 e. The smallest absolute Gasteiger partial charge is 0.257 e. The zero-order valence-corrected chi connectivity index (χ0v) is 8.82. The molecule has 2 N–H and O–H groups in total. The fourth-order valence-electron chi connectivity index (χ4n) is 1.05. The molecule has 0 aliphatic carbocycles. The van der Waals surface area contributed by atoms with Gasteiger partial charge in [-0.15, -0.1) is 0 Å². The molecule has 0 radical (unpaired) electrons. The van der Waals surface area contributed by atoms with Crippen molar-refractivity contribution in [2.45, 2.75) is 13.5 Å². The van der Waals surface area contributed by atoms with E-state index in [4.69, 9.17) is 4.84 Å². The van der Waals surface area contributed by atoms with Gasteiger partial charge in [0.25, 0.3) is 5.91 Å². The lowest BCUT2D eigenvalue weighted by Gasteiger charge is -2.05. The fraction of sp³-hybridized carbons (Fsp3) is 0.364. The van der Waals surface area contributed by atoms with Crippen LogP contribution in [-0.4, -0.2) is 19.0 Å². The number of carbonyl (C=O) groups is 1. The molecule has 0 aliphatic heterocycles. The van der Waals surface area contributed by atoms with E-state index in [2.05, 4.69) is 10.8 Å². The number of rotatable bonds is 6. The maximum Gasteiger partial charge on any atom is 0.257 e. The minimum atomic E-state index is -0.159. The predicted octanol–water partition coefficient (Wildman–Crippen LogP) is 0.844. The van der Waals surface area contributed by atoms with Crippen molar-refractivity contribution in [2.75, 3.05) is 13.1 Å². The van der Waals surface area contributed by atoms with Gasteiger partial charge in [-0.1, -0.05) is 37.3 Å². The maximum atomic E-state index is 11.1. The Balaban J connectivity index is 2.14. The van der Waals surface area contributed by atoms with Crippen LogP contribution < -0.4 is 10.8 Å². The van der Waals surface area contributed by atoms with Crippen molar-refractivity contribution in [1.82, 2.24) is 10.8 Å². The molecular formula is C11H16N2O2. The van der Waals surface area contributed by atoms with Gasteiger partial charge in [0.15, 0.2) is 0 Å². The molecule has 0 unspecified atom stereocenters. The van der Waals surface area contributed by atoms with Crippen LogP contribution in [0.2, 0.25) is 0 Å². The lowest BCUT2D eigenvalue weighted by molar-refractivity contribution is -0.133. The van der Waals surface area contributed by atoms with Gasteiger partial charge in [0, 0.05) is 0 Å². The summed E-state index contributed by atoms with van der Waals surface area (Å²) in [6, 6.07) is 9.68. The highest BCUT2D eigenvalue weighted by atomic mass is 16.6. The third-order valence-corrected chi connectivity index (χ3v) is 1.80. The van der Waals surface area contributed by atoms with Crippen LogP contribution in [0.4, 0.5) is 0 Å². The van der Waals surface area contributed by atoms with Crippen molar-refractivity contribution >= 4 is 5.91 Å². The molecule has 0 saturated heterocycles. The van der Waals surface area contributed by atoms with Gasteiger partial charge in [0.05, 0.1) is 13.2 Å². The summed E-state index contributed by atoms with van der Waals surface area (Å²) in [5.41, 5.74) is 3.39. The van der Waals surface area contributed by atoms with E-state index in [-0.39, 0.29) is 12.5 Å². The van der Waals surface area contributed by atoms with Crippen molar-refractivity contribution in [3.63, 3.8) is 0 Å². The van der Waals surface area contributed by atoms with Crippen molar-refractivity contribution in [2.24, 2.45) is 0 Å². The van der Waals surface area contributed by atoms with Crippen LogP contribution in [-0.2, 0) is 16.2 Å². The second kappa shape index (κ2) is 6.98. The summed E-state index contributed by atoms with van der Waals surface area (Å²) in [5, 5.41) is 2.90. The molecule has 0 atom stereocenters. The van der Waals surface area contributed by atoms with Crippen LogP contribution in [0.5, 0.6) is 0 Å². The summed E-state index contributed by atoms with van der Waals surface area (Å²) in [6.45, 7) is 3.38. The summed E-state index contributed by atoms with van der Waals surface area (Å²) in [4.78, 5) is 16.1. The normalized spacial score (nSPS) is 9.93. The Hall–Kier alpha value is -1.39. The molecule has 0 bridgehead atoms. The van der Waals surface area contributed by atoms with E-state index in [1.165, 1.54) is 0 Å². The number of hydroxylamine groups is 1. The first-order valence-electron chi connectivity index (χ1n) is 4.98. The molecule has 0 fully saturated rings. The summed E-state index contributed by atoms with van der Waals surface area (Å²) >= 11 is 0. The summed E-state index contributed by atoms with van der Waals surface area (Å²) < 4.78 is 0. The molecule has 1 rings (SSSR count). The summed E-state index contributed by atoms with van der Waals surface area (Å²) in [7, 11) is 0. The average molecular weight is 208 g/mol. The second-order valence-electron chi connectivity index (χ2n) is 3.08. The molecule has 4 heteroatoms. The number of hydrogen-bond acceptors (Lipinski definition) is 3. The molecule has 1 aromatic carbocycles. The summed E-state index contributed by atoms with van der Waals surface area (Å²) in [5.74, 6) is -0.159. The molecule has 15 heavy (non-hydrogen) atoms. The molecule has 0 spiro atoms. The Bertz CT molecular complexity index is 288. The molecular weight excluding hydrogens is 192 g/mol. The van der Waals surface area contributed by atoms with E-state index in [1.54, 1.807) is 0 Å². The van der Waals surface area contributed by atoms with Crippen molar-refractivity contribution < 1.29 is 9.63 Å². The largest absolute Gasteiger partial charge is 0.309 e. The van der Waals surface area contributed by atoms with Crippen LogP contribution in [0.3, 0.4) is 0 Å². The highest BCUT2D eigenvalue weighted by molar-refractivity contribution is 5.76. The fourth-order valence-corrected chi connectivity index (χ4v) is 1.05. The Morgan fingerprint density at radius 1 is 1.33 bits per heavy atom. The quantitative estimate of drug-likeness (QED) is 0.681. The van der Waals surface area contributed by atoms with Gasteiger partial charge in [-0.3, -0.25) is 9.63 Å². The third kappa shape index (κ3) is 5.15. The lowest BCUT2D eigenvalue weighted by atomic mass is 10.2. The van der Waals surface area contributed by atoms with Gasteiger partial charge < -0.3 is 5.32 Å². The Morgan fingerprint density at radius 3 is 2.73 bits per heavy atom. The van der Waals surface area contributed by atoms with Gasteiger partial charge in [-0.2, -0.15) is 0 Å². The topological polar surface area (TPSA) is 50.4 Å². The van der Waals surface area contributed by atoms with E-state index in [0.717, 1.165) is 12.1 Å². The average Bonchev–Trinajstić information content (AvgIpc) is 2.28. The first-order chi connectivity index (χ1) is 7.33. The molecule has 4 nitrogen and oxygen atoms in total. The molecule has 0 aromatic heterocycles. The number of amides is 1. The van der Waals surface area contributed by atoms with E-state index < -0.39 is 0 Å². The zero-order valence-electron chi connectivity index (χ0n) is 8.82. The maximum absolute atomic E-state index is 11.1. The first kappa shape index (κ1) is 11.7. The zero-order chi connectivity index (χ0) is 10.9. The third-order valence-electron chi connectivity index (χ3n) is 1.80. The first-order valence-corrected chi connectivity index (χ1v) is 4.98. The number of hydrogen-bond donors (Lipinski definition) is 2. The van der Waals surface area contributed by atoms with E-state index in [9.17, 15) is 4.79 Å². The highest BCUT2D eigenvalue weighted by Crippen LogP contribution is 1.98. The number of likely N-dealkylation sites (N-methyl/N-ethyl adjacent to an activating group) is 1. The monoisotopic (exact) mass is 208 g/mol. The predicted molar refractivity (Wildman–Crippen MR) is 57.9 cm³/mol. The van der Waals surface area contributed by atoms with Gasteiger partial charge in [0.1, 0.15) is 0 Å². The number of carbonyl (C=O) groups excluding carboxylic acids is 1. The standard InChI is InChI=1S/C11H16N2O2/c1-2-12-8-11(14)13-15-9-10-6-4-3-5-7-10/h3-7,12H,2,8-9H2,1H3,(H,13,14). The number of benzene rings is 1. The van der Waals surface area contributed by atoms with Crippen molar-refractivity contribution in [1.29, 1.82) is 0 Å². The molecule has 1 amide bonds. The van der Waals surface area contributed by atoms with E-state index >= 15 is 0 Å². The van der Waals surface area contributed by atoms with Crippen LogP contribution in [0, 0.1) is 0 Å². The van der Waals surface area contributed by atoms with Crippen molar-refractivity contribution in [3.8, 4) is 0 Å². The molecule has 0 heterocycles. The molecule has 0 aliphatic rings. The lowest BCUT2D eigenvalue weighted by Crippen LogP contribution is -2.33. The van der Waals surface area contributed by atoms with Crippen molar-refractivity contribution in [3.05, 3.63) is 35.9 Å². The van der Waals surface area contributed by atoms with Gasteiger partial charge in [0.2, 0.25) is 0 Å². The van der Waals surface area contributed by atoms with Gasteiger partial charge in [-0.25, -0.2) is 5.48 Å². The summed E-state index contributed by atoms with van der Waals surface area (Å²) in [6.07, 6.45) is 0. The minimum absolute atomic E-state index is 0.159. The van der Waals surface area contributed by atoms with Crippen LogP contribution in [0.1, 0.15) is 12.5 Å². The van der Waals surface area contributed by atoms with Crippen LogP contribution in [0.15, 0.2) is 30.3 Å². The molecule has 1 aromatic rings. The van der Waals surface area contributed by atoms with Gasteiger partial charge in [-0.05, 0) is 12.1 Å². The van der Waals surface area contributed by atoms with Crippen LogP contribution >= 0.6 is 0 Å².